The molecule has 1 atom stereocenters. The molecule has 1 heterocycles. The summed E-state index contributed by atoms with van der Waals surface area (Å²) in [5, 5.41) is 3.00. The molecule has 1 aromatic heterocycles. The van der Waals surface area contributed by atoms with Crippen molar-refractivity contribution in [2.45, 2.75) is 45.3 Å². The molecule has 0 saturated heterocycles. The number of hydrogen-bond acceptors (Lipinski definition) is 4. The van der Waals surface area contributed by atoms with E-state index in [1.807, 2.05) is 55.5 Å². The van der Waals surface area contributed by atoms with E-state index >= 15 is 0 Å². The van der Waals surface area contributed by atoms with Crippen molar-refractivity contribution >= 4 is 11.8 Å². The number of furan rings is 1. The second-order valence-electron chi connectivity index (χ2n) is 7.58. The predicted octanol–water partition coefficient (Wildman–Crippen LogP) is 4.86. The van der Waals surface area contributed by atoms with Crippen LogP contribution in [0, 0.1) is 0 Å². The molecule has 0 bridgehead atoms. The molecule has 2 aromatic carbocycles. The average molecular weight is 435 g/mol. The largest absolute Gasteiger partial charge is 0.497 e. The fourth-order valence-corrected chi connectivity index (χ4v) is 3.51. The maximum Gasteiger partial charge on any atom is 0.247 e. The molecule has 6 heteroatoms. The van der Waals surface area contributed by atoms with Crippen LogP contribution in [-0.2, 0) is 22.7 Å². The Labute approximate surface area is 189 Å². The van der Waals surface area contributed by atoms with Crippen molar-refractivity contribution < 1.29 is 18.7 Å². The number of carbonyl (C=O) groups excluding carboxylic acids is 2. The van der Waals surface area contributed by atoms with E-state index < -0.39 is 6.04 Å². The third-order valence-electron chi connectivity index (χ3n) is 5.27. The summed E-state index contributed by atoms with van der Waals surface area (Å²) in [4.78, 5) is 28.3. The van der Waals surface area contributed by atoms with Crippen LogP contribution in [0.2, 0.25) is 0 Å². The summed E-state index contributed by atoms with van der Waals surface area (Å²) in [6.45, 7) is 2.63. The minimum atomic E-state index is -0.793. The van der Waals surface area contributed by atoms with Crippen LogP contribution in [0.15, 0.2) is 77.4 Å². The molecular weight excluding hydrogens is 404 g/mol. The number of benzene rings is 2. The Hall–Kier alpha value is -3.54. The standard InChI is InChI=1S/C26H30N2O4/c1-3-4-12-24(29)28(19-23-11-8-17-32-23)25(21-13-15-22(31-2)16-14-21)26(30)27-18-20-9-6-5-7-10-20/h5-11,13-17,25H,3-4,12,18-19H2,1-2H3,(H,27,30). The first-order valence-corrected chi connectivity index (χ1v) is 10.9. The topological polar surface area (TPSA) is 71.8 Å². The zero-order valence-corrected chi connectivity index (χ0v) is 18.6. The number of rotatable bonds is 11. The summed E-state index contributed by atoms with van der Waals surface area (Å²) in [6, 6.07) is 19.8. The monoisotopic (exact) mass is 434 g/mol. The first-order chi connectivity index (χ1) is 15.6. The van der Waals surface area contributed by atoms with Gasteiger partial charge in [-0.1, -0.05) is 55.8 Å². The molecule has 6 nitrogen and oxygen atoms in total. The summed E-state index contributed by atoms with van der Waals surface area (Å²) in [5.74, 6) is 0.991. The normalized spacial score (nSPS) is 11.6. The summed E-state index contributed by atoms with van der Waals surface area (Å²) in [6.07, 6.45) is 3.60. The molecule has 1 unspecified atom stereocenters. The van der Waals surface area contributed by atoms with Crippen molar-refractivity contribution in [2.24, 2.45) is 0 Å². The van der Waals surface area contributed by atoms with E-state index in [1.165, 1.54) is 0 Å². The van der Waals surface area contributed by atoms with Gasteiger partial charge in [-0.25, -0.2) is 0 Å². The molecule has 1 N–H and O–H groups in total. The number of carbonyl (C=O) groups is 2. The summed E-state index contributed by atoms with van der Waals surface area (Å²) >= 11 is 0. The van der Waals surface area contributed by atoms with Gasteiger partial charge in [0.15, 0.2) is 0 Å². The van der Waals surface area contributed by atoms with Gasteiger partial charge in [0.2, 0.25) is 11.8 Å². The van der Waals surface area contributed by atoms with Gasteiger partial charge in [0.25, 0.3) is 0 Å². The Morgan fingerprint density at radius 2 is 1.78 bits per heavy atom. The van der Waals surface area contributed by atoms with Crippen LogP contribution >= 0.6 is 0 Å². The first kappa shape index (κ1) is 23.1. The van der Waals surface area contributed by atoms with Gasteiger partial charge in [0.1, 0.15) is 17.6 Å². The Bertz CT molecular complexity index is 969. The predicted molar refractivity (Wildman–Crippen MR) is 123 cm³/mol. The molecule has 0 radical (unpaired) electrons. The van der Waals surface area contributed by atoms with E-state index in [0.29, 0.717) is 30.0 Å². The summed E-state index contributed by atoms with van der Waals surface area (Å²) in [5.41, 5.74) is 1.71. The lowest BCUT2D eigenvalue weighted by Crippen LogP contribution is -2.43. The first-order valence-electron chi connectivity index (χ1n) is 10.9. The average Bonchev–Trinajstić information content (AvgIpc) is 3.35. The number of ether oxygens (including phenoxy) is 1. The number of methoxy groups -OCH3 is 1. The van der Waals surface area contributed by atoms with Crippen molar-refractivity contribution in [3.05, 3.63) is 89.9 Å². The zero-order chi connectivity index (χ0) is 22.8. The smallest absolute Gasteiger partial charge is 0.247 e. The fourth-order valence-electron chi connectivity index (χ4n) is 3.51. The van der Waals surface area contributed by atoms with E-state index in [4.69, 9.17) is 9.15 Å². The van der Waals surface area contributed by atoms with Gasteiger partial charge in [0, 0.05) is 13.0 Å². The van der Waals surface area contributed by atoms with Gasteiger partial charge in [-0.3, -0.25) is 9.59 Å². The highest BCUT2D eigenvalue weighted by Crippen LogP contribution is 2.27. The minimum absolute atomic E-state index is 0.0843. The van der Waals surface area contributed by atoms with Crippen LogP contribution < -0.4 is 10.1 Å². The van der Waals surface area contributed by atoms with Crippen LogP contribution in [0.3, 0.4) is 0 Å². The van der Waals surface area contributed by atoms with Crippen molar-refractivity contribution in [1.29, 1.82) is 0 Å². The molecule has 0 aliphatic carbocycles. The van der Waals surface area contributed by atoms with Crippen LogP contribution in [0.4, 0.5) is 0 Å². The lowest BCUT2D eigenvalue weighted by atomic mass is 10.0. The van der Waals surface area contributed by atoms with Crippen molar-refractivity contribution in [2.75, 3.05) is 7.11 Å². The van der Waals surface area contributed by atoms with Gasteiger partial charge < -0.3 is 19.4 Å². The highest BCUT2D eigenvalue weighted by Gasteiger charge is 2.31. The molecule has 32 heavy (non-hydrogen) atoms. The summed E-state index contributed by atoms with van der Waals surface area (Å²) < 4.78 is 10.8. The number of amides is 2. The Morgan fingerprint density at radius 3 is 2.41 bits per heavy atom. The Morgan fingerprint density at radius 1 is 1.03 bits per heavy atom. The van der Waals surface area contributed by atoms with Gasteiger partial charge in [-0.2, -0.15) is 0 Å². The van der Waals surface area contributed by atoms with Gasteiger partial charge in [0.05, 0.1) is 19.9 Å². The van der Waals surface area contributed by atoms with Crippen LogP contribution in [-0.4, -0.2) is 23.8 Å². The molecule has 168 valence electrons. The van der Waals surface area contributed by atoms with Gasteiger partial charge >= 0.3 is 0 Å². The van der Waals surface area contributed by atoms with E-state index in [-0.39, 0.29) is 18.4 Å². The molecule has 0 aliphatic rings. The molecule has 0 aliphatic heterocycles. The lowest BCUT2D eigenvalue weighted by Gasteiger charge is -2.31. The molecule has 2 amide bonds. The SMILES string of the molecule is CCCCC(=O)N(Cc1ccco1)C(C(=O)NCc1ccccc1)c1ccc(OC)cc1. The quantitative estimate of drug-likeness (QED) is 0.468. The van der Waals surface area contributed by atoms with Crippen LogP contribution in [0.5, 0.6) is 5.75 Å². The number of unbranched alkanes of at least 4 members (excludes halogenated alkanes) is 1. The maximum absolute atomic E-state index is 13.5. The van der Waals surface area contributed by atoms with E-state index in [0.717, 1.165) is 18.4 Å². The number of nitrogens with one attached hydrogen (secondary N) is 1. The maximum atomic E-state index is 13.5. The highest BCUT2D eigenvalue weighted by atomic mass is 16.5. The van der Waals surface area contributed by atoms with Gasteiger partial charge in [-0.15, -0.1) is 0 Å². The van der Waals surface area contributed by atoms with E-state index in [2.05, 4.69) is 5.32 Å². The third kappa shape index (κ3) is 6.23. The van der Waals surface area contributed by atoms with Crippen molar-refractivity contribution in [3.8, 4) is 5.75 Å². The third-order valence-corrected chi connectivity index (χ3v) is 5.27. The molecule has 0 saturated carbocycles. The molecular formula is C26H30N2O4. The van der Waals surface area contributed by atoms with Gasteiger partial charge in [-0.05, 0) is 41.8 Å². The highest BCUT2D eigenvalue weighted by molar-refractivity contribution is 5.88. The van der Waals surface area contributed by atoms with Crippen molar-refractivity contribution in [1.82, 2.24) is 10.2 Å². The van der Waals surface area contributed by atoms with Crippen molar-refractivity contribution in [3.63, 3.8) is 0 Å². The van der Waals surface area contributed by atoms with E-state index in [9.17, 15) is 9.59 Å². The number of nitrogens with zero attached hydrogens (tertiary/aromatic N) is 1. The molecule has 0 fully saturated rings. The Kier molecular flexibility index (Phi) is 8.49. The Balaban J connectivity index is 1.91. The summed E-state index contributed by atoms with van der Waals surface area (Å²) in [7, 11) is 1.59. The number of hydrogen-bond donors (Lipinski definition) is 1. The van der Waals surface area contributed by atoms with Crippen LogP contribution in [0.1, 0.15) is 49.1 Å². The van der Waals surface area contributed by atoms with Crippen LogP contribution in [0.25, 0.3) is 0 Å². The second-order valence-corrected chi connectivity index (χ2v) is 7.58. The molecule has 3 aromatic rings. The second kappa shape index (κ2) is 11.7. The minimum Gasteiger partial charge on any atom is -0.497 e. The lowest BCUT2D eigenvalue weighted by molar-refractivity contribution is -0.142. The zero-order valence-electron chi connectivity index (χ0n) is 18.6. The molecule has 3 rings (SSSR count). The van der Waals surface area contributed by atoms with E-state index in [1.54, 1.807) is 36.5 Å². The fraction of sp³-hybridized carbons (Fsp3) is 0.308. The molecule has 0 spiro atoms.